The van der Waals surface area contributed by atoms with Gasteiger partial charge in [-0.3, -0.25) is 0 Å². The van der Waals surface area contributed by atoms with Crippen LogP contribution in [0.5, 0.6) is 5.75 Å². The van der Waals surface area contributed by atoms with Gasteiger partial charge in [-0.1, -0.05) is 6.07 Å². The van der Waals surface area contributed by atoms with Crippen LogP contribution in [0.15, 0.2) is 24.3 Å². The number of nitrogen functional groups attached to an aromatic ring is 1. The molecular formula is C10H15NO2S. The number of benzene rings is 1. The maximum absolute atomic E-state index is 8.54. The Hall–Kier alpha value is -0.870. The molecule has 1 aromatic carbocycles. The van der Waals surface area contributed by atoms with Gasteiger partial charge in [0.15, 0.2) is 0 Å². The molecule has 0 saturated heterocycles. The van der Waals surface area contributed by atoms with E-state index in [2.05, 4.69) is 0 Å². The maximum Gasteiger partial charge on any atom is 0.121 e. The average Bonchev–Trinajstić information content (AvgIpc) is 2.18. The van der Waals surface area contributed by atoms with Crippen LogP contribution in [0.2, 0.25) is 0 Å². The standard InChI is InChI=1S/C10H15NO2S/c11-9-2-1-3-10(8-9)13-5-7-14-6-4-12/h1-3,8,12H,4-7,11H2. The van der Waals surface area contributed by atoms with Crippen LogP contribution in [0.1, 0.15) is 0 Å². The molecule has 0 radical (unpaired) electrons. The number of thioether (sulfide) groups is 1. The summed E-state index contributed by atoms with van der Waals surface area (Å²) in [5.41, 5.74) is 6.31. The highest BCUT2D eigenvalue weighted by molar-refractivity contribution is 7.99. The molecule has 0 aromatic heterocycles. The van der Waals surface area contributed by atoms with Gasteiger partial charge < -0.3 is 15.6 Å². The number of hydrogen-bond donors (Lipinski definition) is 2. The van der Waals surface area contributed by atoms with Crippen LogP contribution in [-0.2, 0) is 0 Å². The molecule has 0 aliphatic carbocycles. The highest BCUT2D eigenvalue weighted by Gasteiger charge is 1.94. The van der Waals surface area contributed by atoms with Crippen LogP contribution in [0, 0.1) is 0 Å². The van der Waals surface area contributed by atoms with Crippen molar-refractivity contribution in [3.8, 4) is 5.75 Å². The second-order valence-corrected chi connectivity index (χ2v) is 3.98. The van der Waals surface area contributed by atoms with E-state index in [1.807, 2.05) is 18.2 Å². The van der Waals surface area contributed by atoms with E-state index < -0.39 is 0 Å². The van der Waals surface area contributed by atoms with Gasteiger partial charge in [-0.05, 0) is 12.1 Å². The third-order valence-corrected chi connectivity index (χ3v) is 2.52. The summed E-state index contributed by atoms with van der Waals surface area (Å²) in [5.74, 6) is 2.45. The van der Waals surface area contributed by atoms with Gasteiger partial charge in [0.2, 0.25) is 0 Å². The summed E-state index contributed by atoms with van der Waals surface area (Å²) in [4.78, 5) is 0. The number of nitrogens with two attached hydrogens (primary N) is 1. The predicted octanol–water partition coefficient (Wildman–Crippen LogP) is 1.37. The molecule has 0 heterocycles. The molecule has 3 N–H and O–H groups in total. The first-order valence-electron chi connectivity index (χ1n) is 4.50. The molecule has 0 spiro atoms. The van der Waals surface area contributed by atoms with Crippen LogP contribution in [-0.4, -0.2) is 29.8 Å². The Balaban J connectivity index is 2.18. The highest BCUT2D eigenvalue weighted by Crippen LogP contribution is 2.14. The van der Waals surface area contributed by atoms with Crippen LogP contribution in [0.25, 0.3) is 0 Å². The Labute approximate surface area is 88.3 Å². The molecule has 4 heteroatoms. The fourth-order valence-electron chi connectivity index (χ4n) is 0.989. The van der Waals surface area contributed by atoms with Crippen molar-refractivity contribution in [3.05, 3.63) is 24.3 Å². The van der Waals surface area contributed by atoms with Crippen molar-refractivity contribution in [2.24, 2.45) is 0 Å². The van der Waals surface area contributed by atoms with E-state index in [0.29, 0.717) is 12.3 Å². The number of aliphatic hydroxyl groups is 1. The fourth-order valence-corrected chi connectivity index (χ4v) is 1.52. The van der Waals surface area contributed by atoms with Gasteiger partial charge in [-0.15, -0.1) is 0 Å². The number of hydrogen-bond acceptors (Lipinski definition) is 4. The first-order valence-corrected chi connectivity index (χ1v) is 5.65. The van der Waals surface area contributed by atoms with Gasteiger partial charge in [0.25, 0.3) is 0 Å². The van der Waals surface area contributed by atoms with Crippen molar-refractivity contribution in [1.82, 2.24) is 0 Å². The summed E-state index contributed by atoms with van der Waals surface area (Å²) in [6.07, 6.45) is 0. The summed E-state index contributed by atoms with van der Waals surface area (Å²) in [5, 5.41) is 8.54. The zero-order valence-corrected chi connectivity index (χ0v) is 8.80. The molecule has 1 aromatic rings. The molecule has 14 heavy (non-hydrogen) atoms. The smallest absolute Gasteiger partial charge is 0.121 e. The minimum Gasteiger partial charge on any atom is -0.493 e. The third-order valence-electron chi connectivity index (χ3n) is 1.59. The molecule has 1 rings (SSSR count). The number of aliphatic hydroxyl groups excluding tert-OH is 1. The second-order valence-electron chi connectivity index (χ2n) is 2.76. The van der Waals surface area contributed by atoms with E-state index in [4.69, 9.17) is 15.6 Å². The van der Waals surface area contributed by atoms with E-state index in [-0.39, 0.29) is 6.61 Å². The quantitative estimate of drug-likeness (QED) is 0.553. The normalized spacial score (nSPS) is 10.1. The van der Waals surface area contributed by atoms with Crippen molar-refractivity contribution in [3.63, 3.8) is 0 Å². The third kappa shape index (κ3) is 4.39. The monoisotopic (exact) mass is 213 g/mol. The number of anilines is 1. The Kier molecular flexibility index (Phi) is 5.25. The lowest BCUT2D eigenvalue weighted by molar-refractivity contribution is 0.321. The van der Waals surface area contributed by atoms with Crippen molar-refractivity contribution in [2.45, 2.75) is 0 Å². The maximum atomic E-state index is 8.54. The lowest BCUT2D eigenvalue weighted by Gasteiger charge is -2.05. The van der Waals surface area contributed by atoms with Crippen LogP contribution < -0.4 is 10.5 Å². The van der Waals surface area contributed by atoms with E-state index in [0.717, 1.165) is 17.3 Å². The molecule has 0 saturated carbocycles. The Morgan fingerprint density at radius 2 is 2.21 bits per heavy atom. The Bertz CT molecular complexity index is 268. The van der Waals surface area contributed by atoms with Gasteiger partial charge in [0.1, 0.15) is 5.75 Å². The van der Waals surface area contributed by atoms with Crippen molar-refractivity contribution in [2.75, 3.05) is 30.5 Å². The van der Waals surface area contributed by atoms with E-state index >= 15 is 0 Å². The first-order chi connectivity index (χ1) is 6.83. The molecule has 0 bridgehead atoms. The van der Waals surface area contributed by atoms with Gasteiger partial charge >= 0.3 is 0 Å². The average molecular weight is 213 g/mol. The minimum absolute atomic E-state index is 0.225. The predicted molar refractivity (Wildman–Crippen MR) is 60.8 cm³/mol. The van der Waals surface area contributed by atoms with Gasteiger partial charge in [-0.25, -0.2) is 0 Å². The molecular weight excluding hydrogens is 198 g/mol. The second kappa shape index (κ2) is 6.56. The van der Waals surface area contributed by atoms with Gasteiger partial charge in [0, 0.05) is 23.3 Å². The molecule has 0 atom stereocenters. The largest absolute Gasteiger partial charge is 0.493 e. The van der Waals surface area contributed by atoms with Crippen LogP contribution in [0.3, 0.4) is 0 Å². The zero-order valence-electron chi connectivity index (χ0n) is 7.98. The van der Waals surface area contributed by atoms with E-state index in [1.165, 1.54) is 0 Å². The molecule has 0 fully saturated rings. The minimum atomic E-state index is 0.225. The van der Waals surface area contributed by atoms with E-state index in [9.17, 15) is 0 Å². The first kappa shape index (κ1) is 11.2. The summed E-state index contributed by atoms with van der Waals surface area (Å²) < 4.78 is 5.45. The summed E-state index contributed by atoms with van der Waals surface area (Å²) >= 11 is 1.67. The Morgan fingerprint density at radius 3 is 2.93 bits per heavy atom. The SMILES string of the molecule is Nc1cccc(OCCSCCO)c1. The van der Waals surface area contributed by atoms with Crippen LogP contribution in [0.4, 0.5) is 5.69 Å². The molecule has 0 aliphatic heterocycles. The van der Waals surface area contributed by atoms with Crippen molar-refractivity contribution in [1.29, 1.82) is 0 Å². The van der Waals surface area contributed by atoms with E-state index in [1.54, 1.807) is 17.8 Å². The summed E-state index contributed by atoms with van der Waals surface area (Å²) in [6.45, 7) is 0.872. The molecule has 0 aliphatic rings. The number of ether oxygens (including phenoxy) is 1. The molecule has 0 unspecified atom stereocenters. The zero-order chi connectivity index (χ0) is 10.2. The van der Waals surface area contributed by atoms with Crippen molar-refractivity contribution >= 4 is 17.4 Å². The fraction of sp³-hybridized carbons (Fsp3) is 0.400. The summed E-state index contributed by atoms with van der Waals surface area (Å²) in [7, 11) is 0. The van der Waals surface area contributed by atoms with Crippen molar-refractivity contribution < 1.29 is 9.84 Å². The lowest BCUT2D eigenvalue weighted by atomic mass is 10.3. The highest BCUT2D eigenvalue weighted by atomic mass is 32.2. The Morgan fingerprint density at radius 1 is 1.36 bits per heavy atom. The van der Waals surface area contributed by atoms with Gasteiger partial charge in [-0.2, -0.15) is 11.8 Å². The molecule has 78 valence electrons. The lowest BCUT2D eigenvalue weighted by Crippen LogP contribution is -2.01. The molecule has 3 nitrogen and oxygen atoms in total. The van der Waals surface area contributed by atoms with Gasteiger partial charge in [0.05, 0.1) is 13.2 Å². The summed E-state index contributed by atoms with van der Waals surface area (Å²) in [6, 6.07) is 7.38. The topological polar surface area (TPSA) is 55.5 Å². The number of rotatable bonds is 6. The van der Waals surface area contributed by atoms with Crippen LogP contribution >= 0.6 is 11.8 Å². The molecule has 0 amide bonds.